The molecule has 5 heteroatoms. The average molecular weight is 338 g/mol. The number of anilines is 2. The quantitative estimate of drug-likeness (QED) is 0.877. The standard InChI is InChI=1S/C20H26N4O/c1-20(2)13-24(12-15-5-3-4-6-16(15)20)18-11-17(21-9-10-25)22-19(23-18)14-7-8-14/h3-6,11,14,25H,7-10,12-13H2,1-2H3,(H,21,22,23). The molecule has 2 N–H and O–H groups in total. The van der Waals surface area contributed by atoms with Gasteiger partial charge in [-0.1, -0.05) is 38.1 Å². The van der Waals surface area contributed by atoms with Gasteiger partial charge in [-0.25, -0.2) is 9.97 Å². The molecule has 1 aliphatic carbocycles. The molecule has 132 valence electrons. The van der Waals surface area contributed by atoms with E-state index in [0.717, 1.165) is 30.5 Å². The van der Waals surface area contributed by atoms with E-state index >= 15 is 0 Å². The van der Waals surface area contributed by atoms with Crippen molar-refractivity contribution in [1.29, 1.82) is 0 Å². The summed E-state index contributed by atoms with van der Waals surface area (Å²) in [5.74, 6) is 3.24. The predicted octanol–water partition coefficient (Wildman–Crippen LogP) is 3.06. The Kier molecular flexibility index (Phi) is 4.12. The van der Waals surface area contributed by atoms with Crippen LogP contribution < -0.4 is 10.2 Å². The molecule has 0 spiro atoms. The van der Waals surface area contributed by atoms with E-state index in [1.807, 2.05) is 6.07 Å². The summed E-state index contributed by atoms with van der Waals surface area (Å²) in [6, 6.07) is 10.7. The average Bonchev–Trinajstić information content (AvgIpc) is 3.44. The minimum Gasteiger partial charge on any atom is -0.395 e. The van der Waals surface area contributed by atoms with Crippen molar-refractivity contribution in [3.63, 3.8) is 0 Å². The van der Waals surface area contributed by atoms with Crippen molar-refractivity contribution in [3.05, 3.63) is 47.3 Å². The Morgan fingerprint density at radius 2 is 2.04 bits per heavy atom. The fourth-order valence-electron chi connectivity index (χ4n) is 3.72. The smallest absolute Gasteiger partial charge is 0.136 e. The van der Waals surface area contributed by atoms with Crippen molar-refractivity contribution in [2.24, 2.45) is 0 Å². The van der Waals surface area contributed by atoms with Crippen molar-refractivity contribution >= 4 is 11.6 Å². The zero-order valence-electron chi connectivity index (χ0n) is 15.0. The SMILES string of the molecule is CC1(C)CN(c2cc(NCCO)nc(C3CC3)n2)Cc2ccccc21. The molecule has 5 nitrogen and oxygen atoms in total. The van der Waals surface area contributed by atoms with Crippen molar-refractivity contribution in [2.75, 3.05) is 29.9 Å². The van der Waals surface area contributed by atoms with Crippen molar-refractivity contribution < 1.29 is 5.11 Å². The van der Waals surface area contributed by atoms with Crippen LogP contribution >= 0.6 is 0 Å². The lowest BCUT2D eigenvalue weighted by atomic mass is 9.78. The first-order valence-corrected chi connectivity index (χ1v) is 9.14. The summed E-state index contributed by atoms with van der Waals surface area (Å²) in [4.78, 5) is 11.9. The molecule has 1 fully saturated rings. The summed E-state index contributed by atoms with van der Waals surface area (Å²) in [5, 5.41) is 12.3. The number of aliphatic hydroxyl groups excluding tert-OH is 1. The highest BCUT2D eigenvalue weighted by atomic mass is 16.3. The van der Waals surface area contributed by atoms with Gasteiger partial charge in [-0.05, 0) is 24.0 Å². The maximum Gasteiger partial charge on any atom is 0.136 e. The normalized spacial score (nSPS) is 18.8. The number of hydrogen-bond donors (Lipinski definition) is 2. The second-order valence-corrected chi connectivity index (χ2v) is 7.79. The molecule has 1 saturated carbocycles. The van der Waals surface area contributed by atoms with Crippen molar-refractivity contribution in [3.8, 4) is 0 Å². The summed E-state index contributed by atoms with van der Waals surface area (Å²) in [5.41, 5.74) is 2.88. The molecule has 2 aliphatic rings. The zero-order chi connectivity index (χ0) is 17.4. The molecular formula is C20H26N4O. The number of fused-ring (bicyclic) bond motifs is 1. The Morgan fingerprint density at radius 1 is 1.24 bits per heavy atom. The van der Waals surface area contributed by atoms with Crippen LogP contribution in [0.25, 0.3) is 0 Å². The third-order valence-corrected chi connectivity index (χ3v) is 5.11. The van der Waals surface area contributed by atoms with E-state index in [1.54, 1.807) is 0 Å². The summed E-state index contributed by atoms with van der Waals surface area (Å²) >= 11 is 0. The highest BCUT2D eigenvalue weighted by Crippen LogP contribution is 2.40. The fourth-order valence-corrected chi connectivity index (χ4v) is 3.72. The van der Waals surface area contributed by atoms with E-state index in [2.05, 4.69) is 53.3 Å². The second kappa shape index (κ2) is 6.30. The van der Waals surface area contributed by atoms with Gasteiger partial charge in [0.1, 0.15) is 17.5 Å². The third kappa shape index (κ3) is 3.33. The minimum absolute atomic E-state index is 0.0816. The van der Waals surface area contributed by atoms with Gasteiger partial charge in [0.25, 0.3) is 0 Å². The minimum atomic E-state index is 0.0816. The largest absolute Gasteiger partial charge is 0.395 e. The van der Waals surface area contributed by atoms with E-state index in [4.69, 9.17) is 10.1 Å². The molecule has 2 aromatic rings. The van der Waals surface area contributed by atoms with Crippen LogP contribution in [-0.2, 0) is 12.0 Å². The number of nitrogens with one attached hydrogen (secondary N) is 1. The molecule has 0 atom stereocenters. The first-order chi connectivity index (χ1) is 12.1. The van der Waals surface area contributed by atoms with Gasteiger partial charge in [0.05, 0.1) is 6.61 Å². The van der Waals surface area contributed by atoms with E-state index in [0.29, 0.717) is 12.5 Å². The van der Waals surface area contributed by atoms with Crippen LogP contribution in [0.15, 0.2) is 30.3 Å². The monoisotopic (exact) mass is 338 g/mol. The Bertz CT molecular complexity index is 770. The van der Waals surface area contributed by atoms with Gasteiger partial charge in [-0.15, -0.1) is 0 Å². The number of aromatic nitrogens is 2. The zero-order valence-corrected chi connectivity index (χ0v) is 15.0. The number of hydrogen-bond acceptors (Lipinski definition) is 5. The highest BCUT2D eigenvalue weighted by Gasteiger charge is 2.33. The van der Waals surface area contributed by atoms with Gasteiger partial charge in [0.15, 0.2) is 0 Å². The van der Waals surface area contributed by atoms with Gasteiger partial charge in [-0.3, -0.25) is 0 Å². The van der Waals surface area contributed by atoms with Gasteiger partial charge >= 0.3 is 0 Å². The first-order valence-electron chi connectivity index (χ1n) is 9.14. The van der Waals surface area contributed by atoms with E-state index in [1.165, 1.54) is 24.0 Å². The topological polar surface area (TPSA) is 61.3 Å². The fraction of sp³-hybridized carbons (Fsp3) is 0.500. The molecule has 0 unspecified atom stereocenters. The summed E-state index contributed by atoms with van der Waals surface area (Å²) in [6.45, 7) is 7.01. The lowest BCUT2D eigenvalue weighted by Gasteiger charge is -2.40. The maximum absolute atomic E-state index is 9.10. The molecule has 1 aliphatic heterocycles. The molecule has 25 heavy (non-hydrogen) atoms. The van der Waals surface area contributed by atoms with Crippen LogP contribution in [0.3, 0.4) is 0 Å². The number of aliphatic hydroxyl groups is 1. The van der Waals surface area contributed by atoms with Crippen LogP contribution in [0.2, 0.25) is 0 Å². The Labute approximate surface area is 149 Å². The molecule has 0 saturated heterocycles. The van der Waals surface area contributed by atoms with Crippen LogP contribution in [0.5, 0.6) is 0 Å². The molecular weight excluding hydrogens is 312 g/mol. The van der Waals surface area contributed by atoms with Crippen molar-refractivity contribution in [2.45, 2.75) is 44.6 Å². The van der Waals surface area contributed by atoms with E-state index in [9.17, 15) is 0 Å². The van der Waals surface area contributed by atoms with Crippen LogP contribution in [0.1, 0.15) is 49.6 Å². The van der Waals surface area contributed by atoms with Gasteiger partial charge in [0.2, 0.25) is 0 Å². The number of nitrogens with zero attached hydrogens (tertiary/aromatic N) is 3. The van der Waals surface area contributed by atoms with E-state index < -0.39 is 0 Å². The maximum atomic E-state index is 9.10. The third-order valence-electron chi connectivity index (χ3n) is 5.11. The molecule has 0 radical (unpaired) electrons. The Balaban J connectivity index is 1.68. The summed E-state index contributed by atoms with van der Waals surface area (Å²) in [7, 11) is 0. The van der Waals surface area contributed by atoms with Crippen LogP contribution in [-0.4, -0.2) is 34.8 Å². The van der Waals surface area contributed by atoms with Gasteiger partial charge in [-0.2, -0.15) is 0 Å². The second-order valence-electron chi connectivity index (χ2n) is 7.79. The molecule has 4 rings (SSSR count). The number of benzene rings is 1. The lowest BCUT2D eigenvalue weighted by Crippen LogP contribution is -2.42. The summed E-state index contributed by atoms with van der Waals surface area (Å²) < 4.78 is 0. The van der Waals surface area contributed by atoms with Gasteiger partial charge < -0.3 is 15.3 Å². The molecule has 0 amide bonds. The first kappa shape index (κ1) is 16.3. The lowest BCUT2D eigenvalue weighted by molar-refractivity contribution is 0.311. The Morgan fingerprint density at radius 3 is 2.80 bits per heavy atom. The van der Waals surface area contributed by atoms with Gasteiger partial charge in [0, 0.05) is 37.0 Å². The Hall–Kier alpha value is -2.14. The van der Waals surface area contributed by atoms with Crippen LogP contribution in [0.4, 0.5) is 11.6 Å². The molecule has 1 aromatic carbocycles. The van der Waals surface area contributed by atoms with E-state index in [-0.39, 0.29) is 12.0 Å². The highest BCUT2D eigenvalue weighted by molar-refractivity contribution is 5.53. The van der Waals surface area contributed by atoms with Crippen LogP contribution in [0, 0.1) is 0 Å². The number of rotatable bonds is 5. The van der Waals surface area contributed by atoms with Crippen molar-refractivity contribution in [1.82, 2.24) is 9.97 Å². The molecule has 0 bridgehead atoms. The molecule has 1 aromatic heterocycles. The summed E-state index contributed by atoms with van der Waals surface area (Å²) in [6.07, 6.45) is 2.36. The molecule has 2 heterocycles. The predicted molar refractivity (Wildman–Crippen MR) is 100 cm³/mol.